The molecule has 1 aliphatic heterocycles. The van der Waals surface area contributed by atoms with Crippen LogP contribution in [0.25, 0.3) is 0 Å². The van der Waals surface area contributed by atoms with Crippen LogP contribution in [0.1, 0.15) is 19.8 Å². The van der Waals surface area contributed by atoms with Crippen molar-refractivity contribution in [1.29, 1.82) is 0 Å². The molecule has 1 aromatic rings. The summed E-state index contributed by atoms with van der Waals surface area (Å²) in [5.41, 5.74) is 6.39. The van der Waals surface area contributed by atoms with E-state index in [1.54, 1.807) is 0 Å². The van der Waals surface area contributed by atoms with Crippen molar-refractivity contribution >= 4 is 11.5 Å². The Hall–Kier alpha value is -1.49. The first kappa shape index (κ1) is 13.0. The highest BCUT2D eigenvalue weighted by atomic mass is 16.5. The topological polar surface area (TPSA) is 71.6 Å². The summed E-state index contributed by atoms with van der Waals surface area (Å²) in [6.07, 6.45) is 1.97. The summed E-state index contributed by atoms with van der Waals surface area (Å²) in [6.45, 7) is 4.67. The van der Waals surface area contributed by atoms with E-state index in [0.29, 0.717) is 24.1 Å². The van der Waals surface area contributed by atoms with E-state index in [2.05, 4.69) is 9.88 Å². The standard InChI is InChI=1S/C13H21N3O2/c1-2-18-13-11(14)3-4-12(15-13)16-7-5-10(9-16)6-8-17/h3-4,10,17H,2,5-9,14H2,1H3. The largest absolute Gasteiger partial charge is 0.476 e. The summed E-state index contributed by atoms with van der Waals surface area (Å²) in [4.78, 5) is 6.68. The van der Waals surface area contributed by atoms with Crippen LogP contribution >= 0.6 is 0 Å². The number of nitrogen functional groups attached to an aromatic ring is 1. The molecule has 0 aliphatic carbocycles. The number of anilines is 2. The van der Waals surface area contributed by atoms with Gasteiger partial charge in [0.1, 0.15) is 5.82 Å². The molecule has 0 amide bonds. The average molecular weight is 251 g/mol. The summed E-state index contributed by atoms with van der Waals surface area (Å²) < 4.78 is 5.41. The predicted octanol–water partition coefficient (Wildman–Crippen LogP) is 1.27. The summed E-state index contributed by atoms with van der Waals surface area (Å²) in [7, 11) is 0. The maximum absolute atomic E-state index is 8.96. The maximum Gasteiger partial charge on any atom is 0.239 e. The smallest absolute Gasteiger partial charge is 0.239 e. The fourth-order valence-electron chi connectivity index (χ4n) is 2.33. The van der Waals surface area contributed by atoms with Gasteiger partial charge in [-0.3, -0.25) is 0 Å². The van der Waals surface area contributed by atoms with Crippen molar-refractivity contribution < 1.29 is 9.84 Å². The molecule has 0 aromatic carbocycles. The third-order valence-corrected chi connectivity index (χ3v) is 3.30. The number of aliphatic hydroxyl groups excluding tert-OH is 1. The highest BCUT2D eigenvalue weighted by Gasteiger charge is 2.23. The zero-order valence-electron chi connectivity index (χ0n) is 10.8. The van der Waals surface area contributed by atoms with Gasteiger partial charge in [-0.05, 0) is 37.8 Å². The molecule has 3 N–H and O–H groups in total. The monoisotopic (exact) mass is 251 g/mol. The van der Waals surface area contributed by atoms with Crippen LogP contribution in [0.15, 0.2) is 12.1 Å². The lowest BCUT2D eigenvalue weighted by Gasteiger charge is -2.18. The lowest BCUT2D eigenvalue weighted by Crippen LogP contribution is -2.21. The van der Waals surface area contributed by atoms with Crippen molar-refractivity contribution in [3.05, 3.63) is 12.1 Å². The van der Waals surface area contributed by atoms with Gasteiger partial charge in [-0.15, -0.1) is 0 Å². The quantitative estimate of drug-likeness (QED) is 0.824. The van der Waals surface area contributed by atoms with Gasteiger partial charge in [0.2, 0.25) is 5.88 Å². The minimum Gasteiger partial charge on any atom is -0.476 e. The molecule has 0 spiro atoms. The van der Waals surface area contributed by atoms with Crippen LogP contribution in [0.3, 0.4) is 0 Å². The van der Waals surface area contributed by atoms with E-state index in [-0.39, 0.29) is 6.61 Å². The summed E-state index contributed by atoms with van der Waals surface area (Å²) in [5, 5.41) is 8.96. The molecule has 5 heteroatoms. The molecule has 5 nitrogen and oxygen atoms in total. The van der Waals surface area contributed by atoms with E-state index in [4.69, 9.17) is 15.6 Å². The molecule has 1 atom stereocenters. The molecular weight excluding hydrogens is 230 g/mol. The molecule has 0 radical (unpaired) electrons. The van der Waals surface area contributed by atoms with E-state index in [0.717, 1.165) is 31.7 Å². The average Bonchev–Trinajstić information content (AvgIpc) is 2.81. The van der Waals surface area contributed by atoms with Gasteiger partial charge in [0.05, 0.1) is 12.3 Å². The summed E-state index contributed by atoms with van der Waals surface area (Å²) in [6, 6.07) is 3.77. The molecule has 18 heavy (non-hydrogen) atoms. The van der Waals surface area contributed by atoms with Crippen LogP contribution in [0.2, 0.25) is 0 Å². The Morgan fingerprint density at radius 3 is 3.11 bits per heavy atom. The first-order valence-corrected chi connectivity index (χ1v) is 6.49. The Morgan fingerprint density at radius 1 is 1.56 bits per heavy atom. The van der Waals surface area contributed by atoms with Gasteiger partial charge in [0, 0.05) is 19.7 Å². The van der Waals surface area contributed by atoms with E-state index in [1.807, 2.05) is 19.1 Å². The molecule has 2 heterocycles. The normalized spacial score (nSPS) is 19.2. The Bertz CT molecular complexity index is 398. The molecule has 1 aromatic heterocycles. The number of aliphatic hydroxyl groups is 1. The third-order valence-electron chi connectivity index (χ3n) is 3.30. The van der Waals surface area contributed by atoms with Crippen molar-refractivity contribution in [3.8, 4) is 5.88 Å². The Balaban J connectivity index is 2.07. The third kappa shape index (κ3) is 2.85. The number of nitrogens with zero attached hydrogens (tertiary/aromatic N) is 2. The van der Waals surface area contributed by atoms with Gasteiger partial charge in [0.15, 0.2) is 0 Å². The van der Waals surface area contributed by atoms with Crippen molar-refractivity contribution in [2.75, 3.05) is 36.9 Å². The Morgan fingerprint density at radius 2 is 2.39 bits per heavy atom. The van der Waals surface area contributed by atoms with Gasteiger partial charge < -0.3 is 20.5 Å². The number of hydrogen-bond donors (Lipinski definition) is 2. The number of hydrogen-bond acceptors (Lipinski definition) is 5. The van der Waals surface area contributed by atoms with Gasteiger partial charge in [-0.2, -0.15) is 4.98 Å². The summed E-state index contributed by atoms with van der Waals surface area (Å²) >= 11 is 0. The number of aromatic nitrogens is 1. The van der Waals surface area contributed by atoms with Crippen LogP contribution in [-0.2, 0) is 0 Å². The van der Waals surface area contributed by atoms with E-state index < -0.39 is 0 Å². The number of ether oxygens (including phenoxy) is 1. The van der Waals surface area contributed by atoms with E-state index in [1.165, 1.54) is 0 Å². The van der Waals surface area contributed by atoms with Gasteiger partial charge in [-0.25, -0.2) is 0 Å². The SMILES string of the molecule is CCOc1nc(N2CCC(CCO)C2)ccc1N. The molecule has 1 fully saturated rings. The number of nitrogens with two attached hydrogens (primary N) is 1. The highest BCUT2D eigenvalue weighted by molar-refractivity contribution is 5.54. The minimum absolute atomic E-state index is 0.262. The van der Waals surface area contributed by atoms with Crippen LogP contribution in [0.4, 0.5) is 11.5 Å². The lowest BCUT2D eigenvalue weighted by atomic mass is 10.1. The number of rotatable bonds is 5. The zero-order valence-corrected chi connectivity index (χ0v) is 10.8. The van der Waals surface area contributed by atoms with Crippen LogP contribution < -0.4 is 15.4 Å². The second kappa shape index (κ2) is 5.91. The molecular formula is C13H21N3O2. The Kier molecular flexibility index (Phi) is 4.25. The number of pyridine rings is 1. The highest BCUT2D eigenvalue weighted by Crippen LogP contribution is 2.28. The van der Waals surface area contributed by atoms with Crippen LogP contribution in [0, 0.1) is 5.92 Å². The fraction of sp³-hybridized carbons (Fsp3) is 0.615. The molecule has 0 bridgehead atoms. The lowest BCUT2D eigenvalue weighted by molar-refractivity contribution is 0.263. The van der Waals surface area contributed by atoms with Crippen molar-refractivity contribution in [2.45, 2.75) is 19.8 Å². The predicted molar refractivity (Wildman–Crippen MR) is 71.8 cm³/mol. The summed E-state index contributed by atoms with van der Waals surface area (Å²) in [5.74, 6) is 1.98. The molecule has 1 aliphatic rings. The molecule has 100 valence electrons. The molecule has 2 rings (SSSR count). The first-order valence-electron chi connectivity index (χ1n) is 6.49. The molecule has 0 saturated carbocycles. The van der Waals surface area contributed by atoms with Gasteiger partial charge >= 0.3 is 0 Å². The van der Waals surface area contributed by atoms with Gasteiger partial charge in [0.25, 0.3) is 0 Å². The Labute approximate surface area is 108 Å². The second-order valence-corrected chi connectivity index (χ2v) is 4.61. The van der Waals surface area contributed by atoms with E-state index >= 15 is 0 Å². The second-order valence-electron chi connectivity index (χ2n) is 4.61. The van der Waals surface area contributed by atoms with Crippen molar-refractivity contribution in [1.82, 2.24) is 4.98 Å². The fourth-order valence-corrected chi connectivity index (χ4v) is 2.33. The maximum atomic E-state index is 8.96. The van der Waals surface area contributed by atoms with Crippen LogP contribution in [-0.4, -0.2) is 36.4 Å². The molecule has 1 unspecified atom stereocenters. The van der Waals surface area contributed by atoms with Crippen LogP contribution in [0.5, 0.6) is 5.88 Å². The minimum atomic E-state index is 0.262. The zero-order chi connectivity index (χ0) is 13.0. The van der Waals surface area contributed by atoms with Crippen molar-refractivity contribution in [2.24, 2.45) is 5.92 Å². The van der Waals surface area contributed by atoms with Crippen molar-refractivity contribution in [3.63, 3.8) is 0 Å². The van der Waals surface area contributed by atoms with Gasteiger partial charge in [-0.1, -0.05) is 0 Å². The molecule has 1 saturated heterocycles. The van der Waals surface area contributed by atoms with E-state index in [9.17, 15) is 0 Å². The first-order chi connectivity index (χ1) is 8.74.